The predicted octanol–water partition coefficient (Wildman–Crippen LogP) is 3.33. The van der Waals surface area contributed by atoms with E-state index in [0.717, 1.165) is 32.4 Å². The Labute approximate surface area is 166 Å². The van der Waals surface area contributed by atoms with Crippen LogP contribution in [-0.2, 0) is 0 Å². The summed E-state index contributed by atoms with van der Waals surface area (Å²) in [6, 6.07) is 6.75. The summed E-state index contributed by atoms with van der Waals surface area (Å²) in [6.07, 6.45) is 6.94. The van der Waals surface area contributed by atoms with Crippen molar-refractivity contribution in [2.45, 2.75) is 19.3 Å². The number of anilines is 1. The Kier molecular flexibility index (Phi) is 5.14. The van der Waals surface area contributed by atoms with Crippen molar-refractivity contribution >= 4 is 11.5 Å². The van der Waals surface area contributed by atoms with Crippen LogP contribution in [0.25, 0.3) is 11.4 Å². The first-order chi connectivity index (χ1) is 14.1. The molecule has 1 N–H and O–H groups in total. The Hall–Kier alpha value is -3.82. The van der Waals surface area contributed by atoms with E-state index in [1.54, 1.807) is 24.3 Å². The molecule has 0 spiro atoms. The lowest BCUT2D eigenvalue weighted by atomic mass is 10.1. The van der Waals surface area contributed by atoms with E-state index in [4.69, 9.17) is 4.74 Å². The highest BCUT2D eigenvalue weighted by molar-refractivity contribution is 5.64. The summed E-state index contributed by atoms with van der Waals surface area (Å²) < 4.78 is 5.71. The van der Waals surface area contributed by atoms with Gasteiger partial charge in [-0.25, -0.2) is 15.0 Å². The molecule has 1 aliphatic heterocycles. The van der Waals surface area contributed by atoms with Crippen LogP contribution in [0.5, 0.6) is 17.4 Å². The average molecular weight is 394 g/mol. The van der Waals surface area contributed by atoms with E-state index >= 15 is 0 Å². The second-order valence-electron chi connectivity index (χ2n) is 6.55. The number of hydrogen-bond donors (Lipinski definition) is 1. The molecule has 1 aromatic carbocycles. The van der Waals surface area contributed by atoms with Crippen molar-refractivity contribution in [2.75, 3.05) is 18.0 Å². The minimum Gasteiger partial charge on any atom is -0.505 e. The number of ether oxygens (including phenoxy) is 1. The predicted molar refractivity (Wildman–Crippen MR) is 104 cm³/mol. The second kappa shape index (κ2) is 8.05. The minimum absolute atomic E-state index is 0.0192. The normalized spacial score (nSPS) is 13.9. The third-order valence-corrected chi connectivity index (χ3v) is 4.57. The molecule has 3 aromatic rings. The molecule has 2 aromatic heterocycles. The largest absolute Gasteiger partial charge is 0.505 e. The van der Waals surface area contributed by atoms with Crippen molar-refractivity contribution in [2.24, 2.45) is 0 Å². The Bertz CT molecular complexity index is 1000. The fourth-order valence-electron chi connectivity index (χ4n) is 3.18. The van der Waals surface area contributed by atoms with E-state index in [0.29, 0.717) is 17.1 Å². The first-order valence-corrected chi connectivity index (χ1v) is 9.15. The lowest BCUT2D eigenvalue weighted by Crippen LogP contribution is -2.30. The molecular weight excluding hydrogens is 376 g/mol. The van der Waals surface area contributed by atoms with Crippen LogP contribution >= 0.6 is 0 Å². The molecule has 0 aliphatic carbocycles. The zero-order valence-electron chi connectivity index (χ0n) is 15.4. The van der Waals surface area contributed by atoms with Gasteiger partial charge >= 0.3 is 11.6 Å². The topological polar surface area (TPSA) is 127 Å². The molecule has 0 radical (unpaired) electrons. The van der Waals surface area contributed by atoms with Crippen molar-refractivity contribution in [3.05, 3.63) is 53.1 Å². The van der Waals surface area contributed by atoms with Crippen LogP contribution in [-0.4, -0.2) is 43.1 Å². The standard InChI is InChI=1S/C19H18N6O4/c26-14-10-20-17(21-11-14)13-4-6-15(7-5-13)29-19-16(25(27)28)18(22-12-23-19)24-8-2-1-3-9-24/h4-7,10-12,26H,1-3,8-9H2. The quantitative estimate of drug-likeness (QED) is 0.512. The number of piperidine rings is 1. The highest BCUT2D eigenvalue weighted by Gasteiger charge is 2.29. The molecule has 10 nitrogen and oxygen atoms in total. The minimum atomic E-state index is -0.502. The molecule has 4 rings (SSSR count). The molecule has 0 unspecified atom stereocenters. The molecule has 10 heteroatoms. The van der Waals surface area contributed by atoms with Gasteiger partial charge < -0.3 is 14.7 Å². The second-order valence-corrected chi connectivity index (χ2v) is 6.55. The van der Waals surface area contributed by atoms with Gasteiger partial charge in [0.15, 0.2) is 11.6 Å². The Balaban J connectivity index is 1.60. The lowest BCUT2D eigenvalue weighted by Gasteiger charge is -2.27. The van der Waals surface area contributed by atoms with Gasteiger partial charge in [-0.05, 0) is 43.5 Å². The van der Waals surface area contributed by atoms with Crippen LogP contribution < -0.4 is 9.64 Å². The van der Waals surface area contributed by atoms with Gasteiger partial charge in [-0.1, -0.05) is 0 Å². The van der Waals surface area contributed by atoms with Gasteiger partial charge in [-0.15, -0.1) is 0 Å². The summed E-state index contributed by atoms with van der Waals surface area (Å²) in [7, 11) is 0. The van der Waals surface area contributed by atoms with Crippen molar-refractivity contribution in [3.63, 3.8) is 0 Å². The van der Waals surface area contributed by atoms with Crippen LogP contribution in [0.1, 0.15) is 19.3 Å². The molecule has 0 bridgehead atoms. The van der Waals surface area contributed by atoms with Crippen molar-refractivity contribution < 1.29 is 14.8 Å². The number of nitrogens with zero attached hydrogens (tertiary/aromatic N) is 6. The SMILES string of the molecule is O=[N+]([O-])c1c(Oc2ccc(-c3ncc(O)cn3)cc2)ncnc1N1CCCCC1. The van der Waals surface area contributed by atoms with E-state index in [1.807, 2.05) is 4.90 Å². The van der Waals surface area contributed by atoms with Gasteiger partial charge in [0.1, 0.15) is 12.1 Å². The number of benzene rings is 1. The maximum absolute atomic E-state index is 11.7. The fraction of sp³-hybridized carbons (Fsp3) is 0.263. The molecule has 0 amide bonds. The lowest BCUT2D eigenvalue weighted by molar-refractivity contribution is -0.385. The summed E-state index contributed by atoms with van der Waals surface area (Å²) in [6.45, 7) is 1.44. The Morgan fingerprint density at radius 1 is 1.00 bits per heavy atom. The van der Waals surface area contributed by atoms with Crippen molar-refractivity contribution in [3.8, 4) is 28.8 Å². The molecular formula is C19H18N6O4. The number of hydrogen-bond acceptors (Lipinski definition) is 9. The maximum Gasteiger partial charge on any atom is 0.373 e. The van der Waals surface area contributed by atoms with E-state index in [-0.39, 0.29) is 23.1 Å². The first-order valence-electron chi connectivity index (χ1n) is 9.15. The summed E-state index contributed by atoms with van der Waals surface area (Å²) >= 11 is 0. The Morgan fingerprint density at radius 3 is 2.34 bits per heavy atom. The smallest absolute Gasteiger partial charge is 0.373 e. The third kappa shape index (κ3) is 4.05. The van der Waals surface area contributed by atoms with E-state index in [2.05, 4.69) is 19.9 Å². The summed E-state index contributed by atoms with van der Waals surface area (Å²) in [5, 5.41) is 21.0. The van der Waals surface area contributed by atoms with Gasteiger partial charge in [0, 0.05) is 18.7 Å². The van der Waals surface area contributed by atoms with Gasteiger partial charge in [0.2, 0.25) is 5.82 Å². The van der Waals surface area contributed by atoms with Crippen molar-refractivity contribution in [1.82, 2.24) is 19.9 Å². The molecule has 29 heavy (non-hydrogen) atoms. The fourth-order valence-corrected chi connectivity index (χ4v) is 3.18. The average Bonchev–Trinajstić information content (AvgIpc) is 2.75. The molecule has 148 valence electrons. The first kappa shape index (κ1) is 18.5. The zero-order chi connectivity index (χ0) is 20.2. The van der Waals surface area contributed by atoms with E-state index in [1.165, 1.54) is 18.7 Å². The van der Waals surface area contributed by atoms with E-state index in [9.17, 15) is 15.2 Å². The molecule has 3 heterocycles. The number of rotatable bonds is 5. The van der Waals surface area contributed by atoms with Crippen LogP contribution in [0.2, 0.25) is 0 Å². The molecule has 1 saturated heterocycles. The number of nitro groups is 1. The molecule has 1 aliphatic rings. The highest BCUT2D eigenvalue weighted by atomic mass is 16.6. The zero-order valence-corrected chi connectivity index (χ0v) is 15.4. The molecule has 0 saturated carbocycles. The van der Waals surface area contributed by atoms with Crippen molar-refractivity contribution in [1.29, 1.82) is 0 Å². The van der Waals surface area contributed by atoms with Crippen LogP contribution in [0.4, 0.5) is 11.5 Å². The highest BCUT2D eigenvalue weighted by Crippen LogP contribution is 2.37. The van der Waals surface area contributed by atoms with Crippen LogP contribution in [0, 0.1) is 10.1 Å². The third-order valence-electron chi connectivity index (χ3n) is 4.57. The molecule has 0 atom stereocenters. The van der Waals surface area contributed by atoms with Gasteiger partial charge in [-0.3, -0.25) is 10.1 Å². The maximum atomic E-state index is 11.7. The van der Waals surface area contributed by atoms with E-state index < -0.39 is 4.92 Å². The number of aromatic hydroxyl groups is 1. The Morgan fingerprint density at radius 2 is 1.69 bits per heavy atom. The van der Waals surface area contributed by atoms with Gasteiger partial charge in [-0.2, -0.15) is 4.98 Å². The monoisotopic (exact) mass is 394 g/mol. The summed E-state index contributed by atoms with van der Waals surface area (Å²) in [5.41, 5.74) is 0.476. The van der Waals surface area contributed by atoms with Crippen LogP contribution in [0.15, 0.2) is 43.0 Å². The van der Waals surface area contributed by atoms with Gasteiger partial charge in [0.05, 0.1) is 17.3 Å². The number of aromatic nitrogens is 4. The molecule has 1 fully saturated rings. The van der Waals surface area contributed by atoms with Gasteiger partial charge in [0.25, 0.3) is 0 Å². The summed E-state index contributed by atoms with van der Waals surface area (Å²) in [5.74, 6) is 0.996. The summed E-state index contributed by atoms with van der Waals surface area (Å²) in [4.78, 5) is 29.3. The van der Waals surface area contributed by atoms with Crippen LogP contribution in [0.3, 0.4) is 0 Å².